The van der Waals surface area contributed by atoms with Crippen molar-refractivity contribution in [3.05, 3.63) is 77.9 Å². The summed E-state index contributed by atoms with van der Waals surface area (Å²) in [4.78, 5) is 26.1. The first kappa shape index (κ1) is 26.5. The fourth-order valence-corrected chi connectivity index (χ4v) is 5.82. The SMILES string of the molecule is N=C(N)c1ccc(C(CNC(=O)CNS(=O)(=O)c2ccc3ccccc3c2)C(=O)C2CCCCC2)cc1. The van der Waals surface area contributed by atoms with Gasteiger partial charge in [-0.15, -0.1) is 0 Å². The summed E-state index contributed by atoms with van der Waals surface area (Å²) in [6.45, 7) is -0.381. The fraction of sp³-hybridized carbons (Fsp3) is 0.321. The van der Waals surface area contributed by atoms with Crippen LogP contribution in [0.3, 0.4) is 0 Å². The van der Waals surface area contributed by atoms with Crippen LogP contribution in [-0.2, 0) is 19.6 Å². The minimum absolute atomic E-state index is 0.0606. The molecular weight excluding hydrogens is 488 g/mol. The second-order valence-electron chi connectivity index (χ2n) is 9.46. The topological polar surface area (TPSA) is 142 Å². The smallest absolute Gasteiger partial charge is 0.241 e. The van der Waals surface area contributed by atoms with E-state index in [0.717, 1.165) is 48.4 Å². The molecule has 1 atom stereocenters. The van der Waals surface area contributed by atoms with Crippen LogP contribution in [0.15, 0.2) is 71.6 Å². The molecule has 1 amide bonds. The van der Waals surface area contributed by atoms with Gasteiger partial charge in [0.05, 0.1) is 17.4 Å². The highest BCUT2D eigenvalue weighted by Crippen LogP contribution is 2.30. The van der Waals surface area contributed by atoms with E-state index in [9.17, 15) is 18.0 Å². The van der Waals surface area contributed by atoms with Crippen LogP contribution in [0.5, 0.6) is 0 Å². The van der Waals surface area contributed by atoms with Gasteiger partial charge in [-0.2, -0.15) is 0 Å². The average molecular weight is 521 g/mol. The van der Waals surface area contributed by atoms with Crippen molar-refractivity contribution < 1.29 is 18.0 Å². The monoisotopic (exact) mass is 520 g/mol. The van der Waals surface area contributed by atoms with Crippen molar-refractivity contribution in [1.82, 2.24) is 10.0 Å². The standard InChI is InChI=1S/C28H32N4O4S/c29-28(30)22-12-10-20(11-13-22)25(27(34)21-7-2-1-3-8-21)17-31-26(33)18-32-37(35,36)24-15-14-19-6-4-5-9-23(19)16-24/h4-6,9-16,21,25,32H,1-3,7-8,17-18H2,(H3,29,30)(H,31,33). The van der Waals surface area contributed by atoms with E-state index in [2.05, 4.69) is 10.0 Å². The van der Waals surface area contributed by atoms with Crippen molar-refractivity contribution in [1.29, 1.82) is 5.41 Å². The molecule has 5 N–H and O–H groups in total. The molecule has 0 spiro atoms. The number of amidine groups is 1. The number of hydrogen-bond donors (Lipinski definition) is 4. The molecule has 1 unspecified atom stereocenters. The molecule has 0 aliphatic heterocycles. The zero-order chi connectivity index (χ0) is 26.4. The van der Waals surface area contributed by atoms with Crippen molar-refractivity contribution >= 4 is 38.3 Å². The van der Waals surface area contributed by atoms with Crippen molar-refractivity contribution in [3.8, 4) is 0 Å². The summed E-state index contributed by atoms with van der Waals surface area (Å²) >= 11 is 0. The number of carbonyl (C=O) groups excluding carboxylic acids is 2. The molecular formula is C28H32N4O4S. The number of rotatable bonds is 10. The molecule has 1 saturated carbocycles. The van der Waals surface area contributed by atoms with Crippen LogP contribution in [0.25, 0.3) is 10.8 Å². The summed E-state index contributed by atoms with van der Waals surface area (Å²) in [6, 6.07) is 19.1. The van der Waals surface area contributed by atoms with Gasteiger partial charge in [-0.1, -0.05) is 73.9 Å². The molecule has 9 heteroatoms. The Balaban J connectivity index is 1.42. The van der Waals surface area contributed by atoms with E-state index in [-0.39, 0.29) is 29.0 Å². The number of carbonyl (C=O) groups is 2. The zero-order valence-corrected chi connectivity index (χ0v) is 21.4. The number of fused-ring (bicyclic) bond motifs is 1. The first-order chi connectivity index (χ1) is 17.7. The summed E-state index contributed by atoms with van der Waals surface area (Å²) in [7, 11) is -3.89. The summed E-state index contributed by atoms with van der Waals surface area (Å²) in [5.74, 6) is -1.13. The number of ketones is 1. The van der Waals surface area contributed by atoms with Crippen molar-refractivity contribution in [2.24, 2.45) is 11.7 Å². The minimum atomic E-state index is -3.89. The molecule has 1 aliphatic carbocycles. The minimum Gasteiger partial charge on any atom is -0.384 e. The van der Waals surface area contributed by atoms with E-state index in [0.29, 0.717) is 5.56 Å². The van der Waals surface area contributed by atoms with E-state index in [1.807, 2.05) is 24.3 Å². The lowest BCUT2D eigenvalue weighted by Crippen LogP contribution is -2.40. The first-order valence-corrected chi connectivity index (χ1v) is 14.0. The number of nitrogens with one attached hydrogen (secondary N) is 3. The predicted octanol–water partition coefficient (Wildman–Crippen LogP) is 3.45. The third kappa shape index (κ3) is 6.61. The van der Waals surface area contributed by atoms with E-state index >= 15 is 0 Å². The van der Waals surface area contributed by atoms with Gasteiger partial charge >= 0.3 is 0 Å². The summed E-state index contributed by atoms with van der Waals surface area (Å²) < 4.78 is 27.9. The first-order valence-electron chi connectivity index (χ1n) is 12.5. The van der Waals surface area contributed by atoms with Gasteiger partial charge in [0.2, 0.25) is 15.9 Å². The lowest BCUT2D eigenvalue weighted by atomic mass is 9.79. The second kappa shape index (κ2) is 11.7. The number of nitrogens with two attached hydrogens (primary N) is 1. The average Bonchev–Trinajstić information content (AvgIpc) is 2.92. The quantitative estimate of drug-likeness (QED) is 0.239. The van der Waals surface area contributed by atoms with E-state index in [1.54, 1.807) is 36.4 Å². The van der Waals surface area contributed by atoms with Crippen LogP contribution in [0.1, 0.15) is 49.1 Å². The number of amides is 1. The Labute approximate surface area is 217 Å². The summed E-state index contributed by atoms with van der Waals surface area (Å²) in [5.41, 5.74) is 6.85. The van der Waals surface area contributed by atoms with Crippen LogP contribution in [0, 0.1) is 11.3 Å². The van der Waals surface area contributed by atoms with Gasteiger partial charge in [0.25, 0.3) is 0 Å². The van der Waals surface area contributed by atoms with Crippen LogP contribution < -0.4 is 15.8 Å². The highest BCUT2D eigenvalue weighted by atomic mass is 32.2. The molecule has 0 heterocycles. The zero-order valence-electron chi connectivity index (χ0n) is 20.6. The number of benzene rings is 3. The summed E-state index contributed by atoms with van der Waals surface area (Å²) in [6.07, 6.45) is 4.81. The van der Waals surface area contributed by atoms with E-state index < -0.39 is 28.4 Å². The van der Waals surface area contributed by atoms with Gasteiger partial charge < -0.3 is 11.1 Å². The lowest BCUT2D eigenvalue weighted by molar-refractivity contribution is -0.125. The van der Waals surface area contributed by atoms with Crippen molar-refractivity contribution in [3.63, 3.8) is 0 Å². The molecule has 1 aliphatic rings. The van der Waals surface area contributed by atoms with Gasteiger partial charge in [-0.25, -0.2) is 13.1 Å². The van der Waals surface area contributed by atoms with E-state index in [4.69, 9.17) is 11.1 Å². The third-order valence-corrected chi connectivity index (χ3v) is 8.33. The Hall–Kier alpha value is -3.56. The Morgan fingerprint density at radius 3 is 2.30 bits per heavy atom. The molecule has 0 aromatic heterocycles. The van der Waals surface area contributed by atoms with Crippen LogP contribution >= 0.6 is 0 Å². The highest BCUT2D eigenvalue weighted by molar-refractivity contribution is 7.89. The van der Waals surface area contributed by atoms with Crippen LogP contribution in [-0.4, -0.2) is 39.0 Å². The van der Waals surface area contributed by atoms with Gasteiger partial charge in [-0.3, -0.25) is 15.0 Å². The lowest BCUT2D eigenvalue weighted by Gasteiger charge is -2.26. The Bertz CT molecular complexity index is 1400. The highest BCUT2D eigenvalue weighted by Gasteiger charge is 2.30. The molecule has 0 saturated heterocycles. The third-order valence-electron chi connectivity index (χ3n) is 6.93. The Morgan fingerprint density at radius 2 is 1.62 bits per heavy atom. The van der Waals surface area contributed by atoms with Crippen molar-refractivity contribution in [2.45, 2.75) is 42.9 Å². The van der Waals surface area contributed by atoms with Gasteiger partial charge in [0, 0.05) is 18.0 Å². The number of hydrogen-bond acceptors (Lipinski definition) is 5. The van der Waals surface area contributed by atoms with Crippen LogP contribution in [0.4, 0.5) is 0 Å². The molecule has 4 rings (SSSR count). The largest absolute Gasteiger partial charge is 0.384 e. The second-order valence-corrected chi connectivity index (χ2v) is 11.2. The molecule has 3 aromatic rings. The van der Waals surface area contributed by atoms with Gasteiger partial charge in [-0.05, 0) is 41.3 Å². The molecule has 8 nitrogen and oxygen atoms in total. The molecule has 0 radical (unpaired) electrons. The van der Waals surface area contributed by atoms with Crippen LogP contribution in [0.2, 0.25) is 0 Å². The molecule has 37 heavy (non-hydrogen) atoms. The van der Waals surface area contributed by atoms with Crippen molar-refractivity contribution in [2.75, 3.05) is 13.1 Å². The normalized spacial score (nSPS) is 15.2. The molecule has 0 bridgehead atoms. The van der Waals surface area contributed by atoms with E-state index in [1.165, 1.54) is 6.07 Å². The molecule has 194 valence electrons. The maximum atomic E-state index is 13.4. The fourth-order valence-electron chi connectivity index (χ4n) is 4.81. The maximum Gasteiger partial charge on any atom is 0.241 e. The Kier molecular flexibility index (Phi) is 8.35. The number of sulfonamides is 1. The predicted molar refractivity (Wildman–Crippen MR) is 144 cm³/mol. The molecule has 3 aromatic carbocycles. The maximum absolute atomic E-state index is 13.4. The number of nitrogen functional groups attached to an aromatic ring is 1. The van der Waals surface area contributed by atoms with Gasteiger partial charge in [0.15, 0.2) is 0 Å². The molecule has 1 fully saturated rings. The summed E-state index contributed by atoms with van der Waals surface area (Å²) in [5, 5.41) is 12.0. The Morgan fingerprint density at radius 1 is 0.946 bits per heavy atom. The van der Waals surface area contributed by atoms with Gasteiger partial charge in [0.1, 0.15) is 11.6 Å². The number of Topliss-reactive ketones (excluding diaryl/α,β-unsaturated/α-hetero) is 1.